The molecule has 4 aromatic carbocycles. The number of para-hydroxylation sites is 1. The fourth-order valence-electron chi connectivity index (χ4n) is 9.45. The summed E-state index contributed by atoms with van der Waals surface area (Å²) in [5.74, 6) is -2.27. The Morgan fingerprint density at radius 2 is 1.53 bits per heavy atom. The van der Waals surface area contributed by atoms with Crippen LogP contribution >= 0.6 is 23.2 Å². The van der Waals surface area contributed by atoms with Crippen molar-refractivity contribution >= 4 is 46.9 Å². The lowest BCUT2D eigenvalue weighted by molar-refractivity contribution is -0.605. The number of piperidine rings is 3. The quantitative estimate of drug-likeness (QED) is 0.0666. The average molecular weight is 972 g/mol. The van der Waals surface area contributed by atoms with Crippen molar-refractivity contribution in [2.75, 3.05) is 37.7 Å². The number of halogens is 4. The van der Waals surface area contributed by atoms with Gasteiger partial charge in [0.1, 0.15) is 28.5 Å². The topological polar surface area (TPSA) is 145 Å². The number of ether oxygens (including phenoxy) is 4. The largest absolute Gasteiger partial charge is 0.619 e. The second-order valence-electron chi connectivity index (χ2n) is 17.9. The molecule has 1 aliphatic carbocycles. The normalized spacial score (nSPS) is 21.1. The first-order valence-electron chi connectivity index (χ1n) is 22.7. The van der Waals surface area contributed by atoms with Gasteiger partial charge in [-0.2, -0.15) is 13.5 Å². The lowest BCUT2D eigenvalue weighted by atomic mass is 9.73. The van der Waals surface area contributed by atoms with Crippen LogP contribution < -0.4 is 23.8 Å². The maximum absolute atomic E-state index is 14.3. The number of pyridine rings is 1. The predicted molar refractivity (Wildman–Crippen MR) is 248 cm³/mol. The number of alkyl halides is 2. The number of carboxylic acid groups (broad SMARTS) is 1. The zero-order chi connectivity index (χ0) is 47.5. The molecule has 1 saturated carbocycles. The van der Waals surface area contributed by atoms with Crippen LogP contribution in [0.1, 0.15) is 64.2 Å². The first-order chi connectivity index (χ1) is 32.9. The van der Waals surface area contributed by atoms with E-state index in [1.165, 1.54) is 23.1 Å². The molecule has 356 valence electrons. The summed E-state index contributed by atoms with van der Waals surface area (Å²) in [7, 11) is 0. The molecule has 4 saturated heterocycles. The van der Waals surface area contributed by atoms with E-state index in [0.29, 0.717) is 39.6 Å². The van der Waals surface area contributed by atoms with E-state index in [0.717, 1.165) is 74.5 Å². The number of anilines is 1. The first kappa shape index (κ1) is 46.9. The van der Waals surface area contributed by atoms with E-state index in [2.05, 4.69) is 4.90 Å². The highest BCUT2D eigenvalue weighted by molar-refractivity contribution is 6.35. The summed E-state index contributed by atoms with van der Waals surface area (Å²) >= 11 is 13.1. The van der Waals surface area contributed by atoms with Gasteiger partial charge in [-0.3, -0.25) is 19.4 Å². The van der Waals surface area contributed by atoms with Crippen molar-refractivity contribution in [1.82, 2.24) is 9.80 Å². The molecule has 1 aromatic heterocycles. The SMILES string of the molecule is O=C(O)C1CN(C(=O)c2ccc(COc3ccc(CN(C(=O)O[C@H]4CN5CCC4CC5)c4ccccc4)cc3)cc2)C1[C@@H](Cc1c(Cl)c[n+]([O-])cc1Cl)c1ccc(OC(F)F)c(OCC2CC2)c1. The van der Waals surface area contributed by atoms with Gasteiger partial charge in [0, 0.05) is 35.8 Å². The van der Waals surface area contributed by atoms with Gasteiger partial charge in [-0.25, -0.2) is 4.79 Å². The Hall–Kier alpha value is -6.16. The van der Waals surface area contributed by atoms with Gasteiger partial charge in [0.25, 0.3) is 5.91 Å². The number of amides is 2. The molecule has 2 bridgehead atoms. The minimum Gasteiger partial charge on any atom is -0.619 e. The van der Waals surface area contributed by atoms with Crippen LogP contribution in [0.2, 0.25) is 10.0 Å². The van der Waals surface area contributed by atoms with Crippen molar-refractivity contribution in [1.29, 1.82) is 0 Å². The Balaban J connectivity index is 0.888. The van der Waals surface area contributed by atoms with Gasteiger partial charge in [-0.15, -0.1) is 0 Å². The van der Waals surface area contributed by atoms with Crippen molar-refractivity contribution in [3.63, 3.8) is 0 Å². The molecule has 5 heterocycles. The summed E-state index contributed by atoms with van der Waals surface area (Å²) in [5, 5.41) is 22.7. The van der Waals surface area contributed by atoms with E-state index >= 15 is 0 Å². The molecule has 4 atom stereocenters. The van der Waals surface area contributed by atoms with Gasteiger partial charge in [0.2, 0.25) is 0 Å². The summed E-state index contributed by atoms with van der Waals surface area (Å²) in [5.41, 5.74) is 3.51. The molecule has 5 aliphatic rings. The van der Waals surface area contributed by atoms with Crippen LogP contribution in [-0.2, 0) is 29.1 Å². The summed E-state index contributed by atoms with van der Waals surface area (Å²) < 4.78 is 50.4. The van der Waals surface area contributed by atoms with E-state index in [9.17, 15) is 33.5 Å². The Kier molecular flexibility index (Phi) is 14.2. The number of carbonyl (C=O) groups excluding carboxylic acids is 2. The van der Waals surface area contributed by atoms with Gasteiger partial charge in [0.15, 0.2) is 23.9 Å². The Labute approximate surface area is 402 Å². The van der Waals surface area contributed by atoms with E-state index in [1.54, 1.807) is 29.2 Å². The Morgan fingerprint density at radius 1 is 0.838 bits per heavy atom. The first-order valence-corrected chi connectivity index (χ1v) is 23.5. The number of rotatable bonds is 18. The molecule has 2 unspecified atom stereocenters. The van der Waals surface area contributed by atoms with E-state index in [-0.39, 0.29) is 65.8 Å². The summed E-state index contributed by atoms with van der Waals surface area (Å²) in [6.07, 6.45) is 5.71. The van der Waals surface area contributed by atoms with Gasteiger partial charge < -0.3 is 34.2 Å². The number of likely N-dealkylation sites (tertiary alicyclic amines) is 1. The monoisotopic (exact) mass is 970 g/mol. The molecule has 0 spiro atoms. The smallest absolute Gasteiger partial charge is 0.414 e. The van der Waals surface area contributed by atoms with Gasteiger partial charge >= 0.3 is 18.7 Å². The van der Waals surface area contributed by atoms with Crippen molar-refractivity contribution in [3.8, 4) is 17.2 Å². The molecular weight excluding hydrogens is 921 g/mol. The number of aliphatic carboxylic acids is 1. The summed E-state index contributed by atoms with van der Waals surface area (Å²) in [6.45, 7) is 0.413. The number of fused-ring (bicyclic) bond motifs is 3. The molecular formula is C51H50Cl2F2N4O9. The molecule has 17 heteroatoms. The fourth-order valence-corrected chi connectivity index (χ4v) is 10.1. The number of benzene rings is 4. The standard InChI is InChI=1S/C51H50Cl2F2N4O9/c52-42-26-57(64)27-43(53)40(42)23-39(36-14-17-44(67-50(54)55)45(22-36)66-30-32-6-7-32)47-41(49(61)62)25-59(47)48(60)35-12-8-33(9-13-35)29-65-38-15-10-31(11-16-38)24-58(37-4-2-1-3-5-37)51(63)68-46-28-56-20-18-34(46)19-21-56/h1-5,8-17,22,26-27,32,34,39,41,46-47,50H,6-7,18-21,23-25,28-30H2,(H,61,62)/t39-,41?,46-,47?/m0/s1. The van der Waals surface area contributed by atoms with Crippen molar-refractivity contribution in [2.24, 2.45) is 17.8 Å². The van der Waals surface area contributed by atoms with Crippen LogP contribution in [0.15, 0.2) is 109 Å². The number of nitrogens with zero attached hydrogens (tertiary/aromatic N) is 4. The van der Waals surface area contributed by atoms with Crippen LogP contribution in [0, 0.1) is 23.0 Å². The van der Waals surface area contributed by atoms with Crippen LogP contribution in [0.3, 0.4) is 0 Å². The molecule has 1 N–H and O–H groups in total. The molecule has 2 amide bonds. The van der Waals surface area contributed by atoms with E-state index in [4.69, 9.17) is 42.1 Å². The lowest BCUT2D eigenvalue weighted by Gasteiger charge is -2.50. The van der Waals surface area contributed by atoms with Crippen LogP contribution in [-0.4, -0.2) is 84.4 Å². The van der Waals surface area contributed by atoms with Crippen LogP contribution in [0.25, 0.3) is 0 Å². The van der Waals surface area contributed by atoms with Gasteiger partial charge in [-0.1, -0.05) is 71.7 Å². The van der Waals surface area contributed by atoms with E-state index < -0.39 is 36.4 Å². The second-order valence-corrected chi connectivity index (χ2v) is 18.8. The van der Waals surface area contributed by atoms with Crippen LogP contribution in [0.4, 0.5) is 19.3 Å². The van der Waals surface area contributed by atoms with Gasteiger partial charge in [0.05, 0.1) is 25.1 Å². The number of carboxylic acids is 1. The lowest BCUT2D eigenvalue weighted by Crippen LogP contribution is -2.63. The van der Waals surface area contributed by atoms with Crippen molar-refractivity contribution < 1.29 is 51.9 Å². The number of carbonyl (C=O) groups is 3. The van der Waals surface area contributed by atoms with E-state index in [1.807, 2.05) is 54.6 Å². The Morgan fingerprint density at radius 3 is 2.16 bits per heavy atom. The number of hydrogen-bond acceptors (Lipinski definition) is 9. The van der Waals surface area contributed by atoms with Gasteiger partial charge in [-0.05, 0) is 122 Å². The third-order valence-electron chi connectivity index (χ3n) is 13.4. The highest BCUT2D eigenvalue weighted by atomic mass is 35.5. The Bertz CT molecular complexity index is 2580. The maximum atomic E-state index is 14.3. The molecule has 13 nitrogen and oxygen atoms in total. The second kappa shape index (κ2) is 20.6. The molecule has 0 radical (unpaired) electrons. The zero-order valence-electron chi connectivity index (χ0n) is 36.9. The molecule has 68 heavy (non-hydrogen) atoms. The van der Waals surface area contributed by atoms with Crippen LogP contribution in [0.5, 0.6) is 17.2 Å². The summed E-state index contributed by atoms with van der Waals surface area (Å²) in [4.78, 5) is 46.2. The minimum atomic E-state index is -3.12. The third-order valence-corrected chi connectivity index (χ3v) is 14.1. The predicted octanol–water partition coefficient (Wildman–Crippen LogP) is 9.39. The molecule has 4 aliphatic heterocycles. The highest BCUT2D eigenvalue weighted by Crippen LogP contribution is 2.44. The molecule has 10 rings (SSSR count). The summed E-state index contributed by atoms with van der Waals surface area (Å²) in [6, 6.07) is 27.2. The minimum absolute atomic E-state index is 0.0112. The maximum Gasteiger partial charge on any atom is 0.414 e. The highest BCUT2D eigenvalue weighted by Gasteiger charge is 2.51. The fraction of sp³-hybridized carbons (Fsp3) is 0.373. The number of hydrogen-bond donors (Lipinski definition) is 1. The average Bonchev–Trinajstić information content (AvgIpc) is 4.16. The van der Waals surface area contributed by atoms with Crippen molar-refractivity contribution in [3.05, 3.63) is 153 Å². The molecule has 5 aromatic rings. The number of aromatic nitrogens is 1. The molecule has 5 fully saturated rings. The third kappa shape index (κ3) is 10.9. The van der Waals surface area contributed by atoms with Crippen molar-refractivity contribution in [2.45, 2.75) is 69.9 Å². The zero-order valence-corrected chi connectivity index (χ0v) is 38.4.